The number of carboxylic acids is 1. The van der Waals surface area contributed by atoms with Crippen LogP contribution in [0.5, 0.6) is 0 Å². The van der Waals surface area contributed by atoms with Crippen LogP contribution in [0.4, 0.5) is 0 Å². The van der Waals surface area contributed by atoms with Gasteiger partial charge >= 0.3 is 5.97 Å². The van der Waals surface area contributed by atoms with Crippen molar-refractivity contribution in [1.82, 2.24) is 4.98 Å². The molecular weight excluding hydrogens is 334 g/mol. The number of benzene rings is 2. The third kappa shape index (κ3) is 4.10. The number of amidine groups is 1. The standard InChI is InChI=1S/C19H17N3O2S/c20-18(21)14-8-6-13(7-9-14)16-11-22-19(25-16)15-4-1-12(2-5-15)3-10-17(23)24/h1-2,4-9,11H,3,10H2,(H3,20,21)(H,23,24). The fraction of sp³-hybridized carbons (Fsp3) is 0.105. The summed E-state index contributed by atoms with van der Waals surface area (Å²) in [5.74, 6) is -0.732. The highest BCUT2D eigenvalue weighted by molar-refractivity contribution is 7.18. The Kier molecular flexibility index (Phi) is 4.90. The van der Waals surface area contributed by atoms with Crippen LogP contribution >= 0.6 is 11.3 Å². The first-order chi connectivity index (χ1) is 12.0. The van der Waals surface area contributed by atoms with E-state index in [0.29, 0.717) is 12.0 Å². The lowest BCUT2D eigenvalue weighted by molar-refractivity contribution is -0.136. The van der Waals surface area contributed by atoms with E-state index in [4.69, 9.17) is 16.2 Å². The summed E-state index contributed by atoms with van der Waals surface area (Å²) in [6, 6.07) is 15.4. The molecule has 0 saturated heterocycles. The molecule has 0 aliphatic carbocycles. The Bertz CT molecular complexity index is 899. The summed E-state index contributed by atoms with van der Waals surface area (Å²) in [4.78, 5) is 16.2. The number of carboxylic acid groups (broad SMARTS) is 1. The van der Waals surface area contributed by atoms with Crippen LogP contribution in [0.1, 0.15) is 17.5 Å². The molecule has 0 spiro atoms. The first-order valence-electron chi connectivity index (χ1n) is 7.74. The lowest BCUT2D eigenvalue weighted by atomic mass is 10.1. The van der Waals surface area contributed by atoms with E-state index in [1.54, 1.807) is 11.3 Å². The maximum Gasteiger partial charge on any atom is 0.303 e. The van der Waals surface area contributed by atoms with Crippen molar-refractivity contribution < 1.29 is 9.90 Å². The number of hydrogen-bond acceptors (Lipinski definition) is 4. The molecule has 3 rings (SSSR count). The predicted octanol–water partition coefficient (Wildman–Crippen LogP) is 3.78. The topological polar surface area (TPSA) is 100 Å². The van der Waals surface area contributed by atoms with Gasteiger partial charge in [-0.15, -0.1) is 11.3 Å². The molecule has 0 aliphatic heterocycles. The Balaban J connectivity index is 1.76. The highest BCUT2D eigenvalue weighted by atomic mass is 32.1. The van der Waals surface area contributed by atoms with Gasteiger partial charge in [0.25, 0.3) is 0 Å². The van der Waals surface area contributed by atoms with Gasteiger partial charge in [0.1, 0.15) is 10.8 Å². The van der Waals surface area contributed by atoms with Gasteiger partial charge in [0.15, 0.2) is 0 Å². The Morgan fingerprint density at radius 2 is 1.72 bits per heavy atom. The lowest BCUT2D eigenvalue weighted by Crippen LogP contribution is -2.10. The lowest BCUT2D eigenvalue weighted by Gasteiger charge is -2.01. The molecule has 0 aliphatic rings. The summed E-state index contributed by atoms with van der Waals surface area (Å²) in [6.07, 6.45) is 2.50. The average Bonchev–Trinajstić information content (AvgIpc) is 3.10. The summed E-state index contributed by atoms with van der Waals surface area (Å²) in [6.45, 7) is 0. The largest absolute Gasteiger partial charge is 0.481 e. The van der Waals surface area contributed by atoms with Crippen LogP contribution in [0.15, 0.2) is 54.7 Å². The van der Waals surface area contributed by atoms with E-state index in [1.807, 2.05) is 54.7 Å². The zero-order chi connectivity index (χ0) is 17.8. The normalized spacial score (nSPS) is 10.6. The second kappa shape index (κ2) is 7.27. The van der Waals surface area contributed by atoms with Crippen LogP contribution in [-0.4, -0.2) is 21.9 Å². The van der Waals surface area contributed by atoms with E-state index in [2.05, 4.69) is 4.98 Å². The molecule has 0 unspecified atom stereocenters. The maximum absolute atomic E-state index is 10.6. The van der Waals surface area contributed by atoms with Gasteiger partial charge in [0.2, 0.25) is 0 Å². The molecule has 0 bridgehead atoms. The van der Waals surface area contributed by atoms with Crippen molar-refractivity contribution in [3.05, 3.63) is 65.9 Å². The number of nitrogen functional groups attached to an aromatic ring is 1. The molecule has 5 nitrogen and oxygen atoms in total. The molecule has 4 N–H and O–H groups in total. The van der Waals surface area contributed by atoms with Crippen LogP contribution < -0.4 is 5.73 Å². The van der Waals surface area contributed by atoms with Crippen molar-refractivity contribution >= 4 is 23.1 Å². The number of aromatic nitrogens is 1. The van der Waals surface area contributed by atoms with Gasteiger partial charge in [-0.05, 0) is 17.5 Å². The Morgan fingerprint density at radius 1 is 1.08 bits per heavy atom. The van der Waals surface area contributed by atoms with Gasteiger partial charge in [0, 0.05) is 23.7 Å². The predicted molar refractivity (Wildman–Crippen MR) is 100.0 cm³/mol. The molecule has 6 heteroatoms. The van der Waals surface area contributed by atoms with Gasteiger partial charge in [-0.25, -0.2) is 4.98 Å². The molecule has 0 saturated carbocycles. The second-order valence-corrected chi connectivity index (χ2v) is 6.64. The van der Waals surface area contributed by atoms with Crippen molar-refractivity contribution in [2.75, 3.05) is 0 Å². The van der Waals surface area contributed by atoms with Crippen LogP contribution in [0.25, 0.3) is 21.0 Å². The molecule has 0 radical (unpaired) electrons. The van der Waals surface area contributed by atoms with Crippen LogP contribution in [-0.2, 0) is 11.2 Å². The van der Waals surface area contributed by atoms with E-state index in [9.17, 15) is 4.79 Å². The number of nitrogens with one attached hydrogen (secondary N) is 1. The monoisotopic (exact) mass is 351 g/mol. The highest BCUT2D eigenvalue weighted by Gasteiger charge is 2.08. The summed E-state index contributed by atoms with van der Waals surface area (Å²) in [5.41, 5.74) is 9.22. The number of rotatable bonds is 6. The van der Waals surface area contributed by atoms with Crippen LogP contribution in [0.2, 0.25) is 0 Å². The van der Waals surface area contributed by atoms with Crippen LogP contribution in [0.3, 0.4) is 0 Å². The number of hydrogen-bond donors (Lipinski definition) is 3. The minimum Gasteiger partial charge on any atom is -0.481 e. The molecular formula is C19H17N3O2S. The zero-order valence-electron chi connectivity index (χ0n) is 13.4. The van der Waals surface area contributed by atoms with Crippen molar-refractivity contribution in [1.29, 1.82) is 5.41 Å². The Morgan fingerprint density at radius 3 is 2.32 bits per heavy atom. The SMILES string of the molecule is N=C(N)c1ccc(-c2cnc(-c3ccc(CCC(=O)O)cc3)s2)cc1. The number of thiazole rings is 1. The molecule has 1 aromatic heterocycles. The summed E-state index contributed by atoms with van der Waals surface area (Å²) in [7, 11) is 0. The Labute approximate surface area is 149 Å². The number of aryl methyl sites for hydroxylation is 1. The highest BCUT2D eigenvalue weighted by Crippen LogP contribution is 2.32. The van der Waals surface area contributed by atoms with Gasteiger partial charge in [0.05, 0.1) is 4.88 Å². The summed E-state index contributed by atoms with van der Waals surface area (Å²) >= 11 is 1.59. The fourth-order valence-corrected chi connectivity index (χ4v) is 3.35. The molecule has 0 atom stereocenters. The van der Waals surface area contributed by atoms with E-state index in [1.165, 1.54) is 0 Å². The van der Waals surface area contributed by atoms with Gasteiger partial charge in [-0.2, -0.15) is 0 Å². The van der Waals surface area contributed by atoms with Crippen LogP contribution in [0, 0.1) is 5.41 Å². The zero-order valence-corrected chi connectivity index (χ0v) is 14.2. The number of carbonyl (C=O) groups is 1. The van der Waals surface area contributed by atoms with Crippen molar-refractivity contribution in [2.45, 2.75) is 12.8 Å². The number of nitrogens with zero attached hydrogens (tertiary/aromatic N) is 1. The third-order valence-electron chi connectivity index (χ3n) is 3.81. The van der Waals surface area contributed by atoms with Crippen molar-refractivity contribution in [3.63, 3.8) is 0 Å². The molecule has 0 fully saturated rings. The fourth-order valence-electron chi connectivity index (χ4n) is 2.42. The first-order valence-corrected chi connectivity index (χ1v) is 8.56. The first kappa shape index (κ1) is 16.9. The quantitative estimate of drug-likeness (QED) is 0.465. The van der Waals surface area contributed by atoms with E-state index >= 15 is 0 Å². The molecule has 2 aromatic carbocycles. The van der Waals surface area contributed by atoms with Crippen molar-refractivity contribution in [2.24, 2.45) is 5.73 Å². The minimum atomic E-state index is -0.788. The maximum atomic E-state index is 10.6. The summed E-state index contributed by atoms with van der Waals surface area (Å²) in [5, 5.41) is 17.1. The van der Waals surface area contributed by atoms with E-state index in [-0.39, 0.29) is 12.3 Å². The van der Waals surface area contributed by atoms with E-state index in [0.717, 1.165) is 26.6 Å². The average molecular weight is 351 g/mol. The molecule has 1 heterocycles. The molecule has 3 aromatic rings. The smallest absolute Gasteiger partial charge is 0.303 e. The van der Waals surface area contributed by atoms with Gasteiger partial charge in [-0.3, -0.25) is 10.2 Å². The molecule has 25 heavy (non-hydrogen) atoms. The molecule has 0 amide bonds. The van der Waals surface area contributed by atoms with E-state index < -0.39 is 5.97 Å². The van der Waals surface area contributed by atoms with Crippen molar-refractivity contribution in [3.8, 4) is 21.0 Å². The van der Waals surface area contributed by atoms with Gasteiger partial charge in [-0.1, -0.05) is 48.5 Å². The number of nitrogens with two attached hydrogens (primary N) is 1. The molecule has 126 valence electrons. The Hall–Kier alpha value is -2.99. The van der Waals surface area contributed by atoms with Gasteiger partial charge < -0.3 is 10.8 Å². The second-order valence-electron chi connectivity index (χ2n) is 5.61. The summed E-state index contributed by atoms with van der Waals surface area (Å²) < 4.78 is 0. The number of aliphatic carboxylic acids is 1. The third-order valence-corrected chi connectivity index (χ3v) is 4.91. The minimum absolute atomic E-state index is 0.0551.